The third-order valence-corrected chi connectivity index (χ3v) is 4.36. The van der Waals surface area contributed by atoms with Gasteiger partial charge in [0, 0.05) is 29.6 Å². The molecular formula is C17H13FN4O2. The van der Waals surface area contributed by atoms with E-state index in [1.165, 1.54) is 18.3 Å². The van der Waals surface area contributed by atoms with Crippen LogP contribution in [0, 0.1) is 23.1 Å². The van der Waals surface area contributed by atoms with Crippen LogP contribution in [0.3, 0.4) is 0 Å². The molecule has 2 aromatic rings. The molecule has 3 atom stereocenters. The summed E-state index contributed by atoms with van der Waals surface area (Å²) in [6, 6.07) is 9.08. The van der Waals surface area contributed by atoms with E-state index in [2.05, 4.69) is 15.6 Å². The Kier molecular flexibility index (Phi) is 3.31. The number of amides is 2. The second-order valence-electron chi connectivity index (χ2n) is 5.85. The van der Waals surface area contributed by atoms with Crippen LogP contribution >= 0.6 is 0 Å². The van der Waals surface area contributed by atoms with Gasteiger partial charge in [-0.2, -0.15) is 5.26 Å². The van der Waals surface area contributed by atoms with Crippen LogP contribution < -0.4 is 15.4 Å². The summed E-state index contributed by atoms with van der Waals surface area (Å²) >= 11 is 0. The van der Waals surface area contributed by atoms with Gasteiger partial charge in [-0.3, -0.25) is 5.32 Å². The lowest BCUT2D eigenvalue weighted by atomic mass is 10.1. The minimum Gasteiger partial charge on any atom is -0.493 e. The standard InChI is InChI=1S/C17H13FN4O2/c18-10-2-3-13-11(5-10)15-12(8-24-13)16(15)22-17(23)21-14-4-1-9(6-19)7-20-14/h1-5,7,12,15-16H,8H2,(H2,20,21,22,23)/t12-,15+,16-/m1/s1. The Morgan fingerprint density at radius 3 is 3.00 bits per heavy atom. The highest BCUT2D eigenvalue weighted by molar-refractivity contribution is 5.88. The van der Waals surface area contributed by atoms with E-state index < -0.39 is 0 Å². The maximum absolute atomic E-state index is 13.4. The van der Waals surface area contributed by atoms with Crippen LogP contribution in [0.25, 0.3) is 0 Å². The topological polar surface area (TPSA) is 87.0 Å². The summed E-state index contributed by atoms with van der Waals surface area (Å²) in [4.78, 5) is 16.1. The van der Waals surface area contributed by atoms with E-state index in [-0.39, 0.29) is 29.7 Å². The first-order chi connectivity index (χ1) is 11.7. The van der Waals surface area contributed by atoms with Gasteiger partial charge in [-0.1, -0.05) is 0 Å². The second kappa shape index (κ2) is 5.49. The van der Waals surface area contributed by atoms with Crippen molar-refractivity contribution in [3.8, 4) is 11.8 Å². The third-order valence-electron chi connectivity index (χ3n) is 4.36. The average Bonchev–Trinajstić information content (AvgIpc) is 3.28. The number of rotatable bonds is 2. The molecular weight excluding hydrogens is 311 g/mol. The molecule has 2 N–H and O–H groups in total. The lowest BCUT2D eigenvalue weighted by molar-refractivity contribution is 0.249. The molecule has 1 aromatic heterocycles. The number of urea groups is 1. The average molecular weight is 324 g/mol. The predicted octanol–water partition coefficient (Wildman–Crippen LogP) is 2.39. The summed E-state index contributed by atoms with van der Waals surface area (Å²) in [5.41, 5.74) is 1.22. The lowest BCUT2D eigenvalue weighted by Crippen LogP contribution is -2.32. The quantitative estimate of drug-likeness (QED) is 0.888. The van der Waals surface area contributed by atoms with Gasteiger partial charge in [0.1, 0.15) is 23.5 Å². The minimum absolute atomic E-state index is 0.0733. The second-order valence-corrected chi connectivity index (χ2v) is 5.85. The highest BCUT2D eigenvalue weighted by Crippen LogP contribution is 2.53. The Morgan fingerprint density at radius 1 is 1.38 bits per heavy atom. The Bertz CT molecular complexity index is 847. The van der Waals surface area contributed by atoms with Gasteiger partial charge in [0.05, 0.1) is 12.2 Å². The number of anilines is 1. The van der Waals surface area contributed by atoms with Gasteiger partial charge >= 0.3 is 6.03 Å². The van der Waals surface area contributed by atoms with E-state index in [0.717, 1.165) is 5.56 Å². The molecule has 7 heteroatoms. The fourth-order valence-electron chi connectivity index (χ4n) is 3.14. The number of nitrogens with one attached hydrogen (secondary N) is 2. The summed E-state index contributed by atoms with van der Waals surface area (Å²) in [7, 11) is 0. The molecule has 1 aliphatic heterocycles. The normalized spacial score (nSPS) is 23.1. The van der Waals surface area contributed by atoms with Crippen LogP contribution in [0.15, 0.2) is 36.5 Å². The number of halogens is 1. The van der Waals surface area contributed by atoms with Crippen molar-refractivity contribution in [2.45, 2.75) is 12.0 Å². The number of pyridine rings is 1. The van der Waals surface area contributed by atoms with Crippen molar-refractivity contribution in [2.75, 3.05) is 11.9 Å². The number of hydrogen-bond acceptors (Lipinski definition) is 4. The van der Waals surface area contributed by atoms with Gasteiger partial charge in [0.15, 0.2) is 0 Å². The molecule has 1 aromatic carbocycles. The number of hydrogen-bond donors (Lipinski definition) is 2. The molecule has 6 nitrogen and oxygen atoms in total. The van der Waals surface area contributed by atoms with Gasteiger partial charge in [0.2, 0.25) is 0 Å². The summed E-state index contributed by atoms with van der Waals surface area (Å²) in [5.74, 6) is 0.951. The molecule has 2 aliphatic rings. The number of nitriles is 1. The molecule has 0 saturated heterocycles. The molecule has 24 heavy (non-hydrogen) atoms. The number of ether oxygens (including phenoxy) is 1. The number of aromatic nitrogens is 1. The van der Waals surface area contributed by atoms with Crippen molar-refractivity contribution in [3.63, 3.8) is 0 Å². The van der Waals surface area contributed by atoms with Crippen LogP contribution in [-0.2, 0) is 0 Å². The molecule has 4 rings (SSSR count). The fraction of sp³-hybridized carbons (Fsp3) is 0.235. The number of carbonyl (C=O) groups excluding carboxylic acids is 1. The fourth-order valence-corrected chi connectivity index (χ4v) is 3.14. The lowest BCUT2D eigenvalue weighted by Gasteiger charge is -2.15. The summed E-state index contributed by atoms with van der Waals surface area (Å²) in [6.45, 7) is 0.503. The van der Waals surface area contributed by atoms with E-state index in [9.17, 15) is 9.18 Å². The predicted molar refractivity (Wildman–Crippen MR) is 83.0 cm³/mol. The SMILES string of the molecule is N#Cc1ccc(NC(=O)N[C@@H]2[C@@H]3COc4ccc(F)cc4[C@@H]32)nc1. The zero-order valence-electron chi connectivity index (χ0n) is 12.5. The molecule has 0 radical (unpaired) electrons. The third kappa shape index (κ3) is 2.52. The maximum Gasteiger partial charge on any atom is 0.320 e. The zero-order chi connectivity index (χ0) is 16.7. The van der Waals surface area contributed by atoms with Crippen LogP contribution in [0.4, 0.5) is 15.0 Å². The van der Waals surface area contributed by atoms with Crippen molar-refractivity contribution < 1.29 is 13.9 Å². The minimum atomic E-state index is -0.385. The van der Waals surface area contributed by atoms with Crippen molar-refractivity contribution in [1.82, 2.24) is 10.3 Å². The first-order valence-corrected chi connectivity index (χ1v) is 7.51. The van der Waals surface area contributed by atoms with Crippen molar-refractivity contribution in [2.24, 2.45) is 5.92 Å². The smallest absolute Gasteiger partial charge is 0.320 e. The van der Waals surface area contributed by atoms with Gasteiger partial charge in [0.25, 0.3) is 0 Å². The first-order valence-electron chi connectivity index (χ1n) is 7.51. The van der Waals surface area contributed by atoms with Crippen molar-refractivity contribution in [1.29, 1.82) is 5.26 Å². The molecule has 120 valence electrons. The zero-order valence-corrected chi connectivity index (χ0v) is 12.5. The molecule has 0 unspecified atom stereocenters. The van der Waals surface area contributed by atoms with Crippen LogP contribution in [0.1, 0.15) is 17.0 Å². The monoisotopic (exact) mass is 324 g/mol. The molecule has 1 saturated carbocycles. The largest absolute Gasteiger partial charge is 0.493 e. The van der Waals surface area contributed by atoms with Gasteiger partial charge in [-0.05, 0) is 30.3 Å². The Labute approximate surface area is 137 Å². The molecule has 2 heterocycles. The van der Waals surface area contributed by atoms with E-state index in [1.807, 2.05) is 6.07 Å². The molecule has 0 bridgehead atoms. The molecule has 1 fully saturated rings. The van der Waals surface area contributed by atoms with Crippen molar-refractivity contribution >= 4 is 11.8 Å². The highest BCUT2D eigenvalue weighted by atomic mass is 19.1. The molecule has 2 amide bonds. The van der Waals surface area contributed by atoms with Gasteiger partial charge in [-0.25, -0.2) is 14.2 Å². The summed E-state index contributed by atoms with van der Waals surface area (Å²) in [5, 5.41) is 14.2. The van der Waals surface area contributed by atoms with E-state index in [0.29, 0.717) is 23.7 Å². The number of fused-ring (bicyclic) bond motifs is 3. The number of carbonyl (C=O) groups is 1. The van der Waals surface area contributed by atoms with Gasteiger partial charge < -0.3 is 10.1 Å². The molecule has 0 spiro atoms. The first kappa shape index (κ1) is 14.5. The van der Waals surface area contributed by atoms with E-state index in [1.54, 1.807) is 18.2 Å². The maximum atomic E-state index is 13.4. The van der Waals surface area contributed by atoms with Gasteiger partial charge in [-0.15, -0.1) is 0 Å². The van der Waals surface area contributed by atoms with Crippen LogP contribution in [-0.4, -0.2) is 23.7 Å². The Balaban J connectivity index is 1.42. The summed E-state index contributed by atoms with van der Waals surface area (Å²) in [6.07, 6.45) is 1.39. The Morgan fingerprint density at radius 2 is 2.25 bits per heavy atom. The number of nitrogens with zero attached hydrogens (tertiary/aromatic N) is 2. The highest BCUT2D eigenvalue weighted by Gasteiger charge is 2.55. The van der Waals surface area contributed by atoms with E-state index in [4.69, 9.17) is 10.00 Å². The van der Waals surface area contributed by atoms with E-state index >= 15 is 0 Å². The number of benzene rings is 1. The van der Waals surface area contributed by atoms with Crippen molar-refractivity contribution in [3.05, 3.63) is 53.5 Å². The Hall–Kier alpha value is -3.14. The van der Waals surface area contributed by atoms with Crippen LogP contribution in [0.5, 0.6) is 5.75 Å². The summed E-state index contributed by atoms with van der Waals surface area (Å²) < 4.78 is 19.0. The van der Waals surface area contributed by atoms with Crippen LogP contribution in [0.2, 0.25) is 0 Å². The molecule has 1 aliphatic carbocycles.